The molecule has 0 unspecified atom stereocenters. The number of ether oxygens (including phenoxy) is 1. The summed E-state index contributed by atoms with van der Waals surface area (Å²) in [6, 6.07) is 1.16. The number of amidine groups is 1. The van der Waals surface area contributed by atoms with Crippen molar-refractivity contribution in [1.82, 2.24) is 14.8 Å². The number of allylic oxidation sites excluding steroid dienone is 2. The quantitative estimate of drug-likeness (QED) is 0.170. The molecule has 1 saturated heterocycles. The van der Waals surface area contributed by atoms with Gasteiger partial charge in [0.25, 0.3) is 0 Å². The van der Waals surface area contributed by atoms with E-state index in [0.29, 0.717) is 31.7 Å². The van der Waals surface area contributed by atoms with Crippen molar-refractivity contribution in [2.24, 2.45) is 10.7 Å². The number of nitrogens with zero attached hydrogens (tertiary/aromatic N) is 4. The third-order valence-electron chi connectivity index (χ3n) is 6.63. The lowest BCUT2D eigenvalue weighted by Gasteiger charge is -2.35. The number of carbonyl (C=O) groups is 2. The molecule has 0 atom stereocenters. The van der Waals surface area contributed by atoms with Crippen LogP contribution in [0.2, 0.25) is 0 Å². The number of pyridine rings is 1. The molecule has 2 fully saturated rings. The number of carboxylic acids is 1. The van der Waals surface area contributed by atoms with E-state index < -0.39 is 17.2 Å². The molecule has 13 nitrogen and oxygen atoms in total. The van der Waals surface area contributed by atoms with Gasteiger partial charge in [0.15, 0.2) is 11.6 Å². The van der Waals surface area contributed by atoms with E-state index in [4.69, 9.17) is 15.6 Å². The number of methoxy groups -OCH3 is 1. The fourth-order valence-corrected chi connectivity index (χ4v) is 4.25. The number of carboxylic acid groups (broad SMARTS) is 1. The summed E-state index contributed by atoms with van der Waals surface area (Å²) in [4.78, 5) is 42.5. The average molecular weight is 615 g/mol. The van der Waals surface area contributed by atoms with Gasteiger partial charge in [0.1, 0.15) is 17.1 Å². The number of aromatic nitrogens is 1. The maximum atomic E-state index is 15.1. The highest BCUT2D eigenvalue weighted by molar-refractivity contribution is 6.12. The Balaban J connectivity index is 0.000000506. The van der Waals surface area contributed by atoms with Crippen molar-refractivity contribution >= 4 is 47.2 Å². The molecule has 1 amide bonds. The van der Waals surface area contributed by atoms with E-state index >= 15 is 4.39 Å². The Morgan fingerprint density at radius 1 is 1.23 bits per heavy atom. The minimum Gasteiger partial charge on any atom is -0.492 e. The normalized spacial score (nSPS) is 14.4. The lowest BCUT2D eigenvalue weighted by atomic mass is 10.1. The maximum absolute atomic E-state index is 15.1. The third-order valence-corrected chi connectivity index (χ3v) is 6.63. The topological polar surface area (TPSA) is 190 Å². The summed E-state index contributed by atoms with van der Waals surface area (Å²) < 4.78 is 22.4. The van der Waals surface area contributed by atoms with Crippen LogP contribution in [-0.4, -0.2) is 92.6 Å². The number of aromatic carboxylic acids is 1. The number of nitrogens with two attached hydrogens (primary N) is 1. The van der Waals surface area contributed by atoms with Crippen LogP contribution >= 0.6 is 0 Å². The van der Waals surface area contributed by atoms with Crippen LogP contribution in [0.4, 0.5) is 10.1 Å². The highest BCUT2D eigenvalue weighted by atomic mass is 19.1. The minimum atomic E-state index is -1.34. The molecule has 44 heavy (non-hydrogen) atoms. The lowest BCUT2D eigenvalue weighted by Crippen LogP contribution is -2.46. The molecule has 1 aromatic carbocycles. The molecule has 0 radical (unpaired) electrons. The second-order valence-electron chi connectivity index (χ2n) is 9.32. The van der Waals surface area contributed by atoms with Gasteiger partial charge in [0, 0.05) is 63.6 Å². The first-order valence-corrected chi connectivity index (χ1v) is 13.8. The zero-order valence-corrected chi connectivity index (χ0v) is 25.9. The first kappa shape index (κ1) is 37.2. The molecule has 0 bridgehead atoms. The molecule has 6 N–H and O–H groups in total. The monoisotopic (exact) mass is 614 g/mol. The highest BCUT2D eigenvalue weighted by Gasteiger charge is 2.32. The van der Waals surface area contributed by atoms with E-state index in [1.54, 1.807) is 27.5 Å². The number of hydrogen-bond donors (Lipinski definition) is 5. The van der Waals surface area contributed by atoms with Crippen LogP contribution < -0.4 is 26.1 Å². The van der Waals surface area contributed by atoms with Gasteiger partial charge in [-0.25, -0.2) is 9.18 Å². The van der Waals surface area contributed by atoms with Gasteiger partial charge in [0.2, 0.25) is 11.8 Å². The van der Waals surface area contributed by atoms with Crippen LogP contribution in [-0.2, 0) is 4.79 Å². The molecule has 0 spiro atoms. The Morgan fingerprint density at radius 2 is 1.82 bits per heavy atom. The Labute approximate surface area is 256 Å². The average Bonchev–Trinajstić information content (AvgIpc) is 3.90. The van der Waals surface area contributed by atoms with Crippen molar-refractivity contribution in [3.63, 3.8) is 0 Å². The maximum Gasteiger partial charge on any atom is 0.341 e. The third kappa shape index (κ3) is 9.59. The largest absolute Gasteiger partial charge is 0.492 e. The Morgan fingerprint density at radius 3 is 2.23 bits per heavy atom. The highest BCUT2D eigenvalue weighted by Crippen LogP contribution is 2.43. The number of fused-ring (bicyclic) bond motifs is 1. The van der Waals surface area contributed by atoms with Crippen molar-refractivity contribution < 1.29 is 23.8 Å². The molecular weight excluding hydrogens is 571 g/mol. The predicted octanol–water partition coefficient (Wildman–Crippen LogP) is 3.04. The van der Waals surface area contributed by atoms with Crippen LogP contribution in [0.5, 0.6) is 5.75 Å². The van der Waals surface area contributed by atoms with Crippen molar-refractivity contribution in [1.29, 1.82) is 10.8 Å². The number of nitrogens with one attached hydrogen (secondary N) is 3. The molecule has 240 valence electrons. The molecule has 14 heteroatoms. The molecule has 2 aliphatic rings. The smallest absolute Gasteiger partial charge is 0.341 e. The summed E-state index contributed by atoms with van der Waals surface area (Å²) in [6.45, 7) is 9.32. The summed E-state index contributed by atoms with van der Waals surface area (Å²) >= 11 is 0. The predicted molar refractivity (Wildman–Crippen MR) is 174 cm³/mol. The Hall–Kier alpha value is -4.85. The number of rotatable bonds is 8. The molecule has 1 aliphatic carbocycles. The zero-order chi connectivity index (χ0) is 33.4. The second-order valence-corrected chi connectivity index (χ2v) is 9.32. The standard InChI is InChI=1S/C19H20FN3O5.C8H14N2.C2H4N2.CH5N/c1-28-18-15-12(17(25)13(19(26)27)9-23(15)11-2-3-11)8-14(20)16(18)22-6-4-21(10-24)5-7-22;1-5-7(3)10-8(6-2)9-4;3-1-2-4;1-2/h8-11H,2-7H2,1H3,(H,26,27);5-6H,2H2,1,3-4H3,(H,9,10);1-4H;2H2,1H3/b;7-5-;;. The number of hydrogen-bond acceptors (Lipinski definition) is 9. The van der Waals surface area contributed by atoms with Gasteiger partial charge in [-0.1, -0.05) is 12.7 Å². The Kier molecular flexibility index (Phi) is 15.7. The van der Waals surface area contributed by atoms with E-state index in [1.165, 1.54) is 20.4 Å². The summed E-state index contributed by atoms with van der Waals surface area (Å²) in [6.07, 6.45) is 9.31. The van der Waals surface area contributed by atoms with E-state index in [2.05, 4.69) is 22.6 Å². The molecule has 4 rings (SSSR count). The number of piperazine rings is 1. The summed E-state index contributed by atoms with van der Waals surface area (Å²) in [5, 5.41) is 24.6. The van der Waals surface area contributed by atoms with Gasteiger partial charge in [-0.15, -0.1) is 0 Å². The van der Waals surface area contributed by atoms with Crippen LogP contribution in [0.1, 0.15) is 43.1 Å². The summed E-state index contributed by atoms with van der Waals surface area (Å²) in [5.41, 5.74) is 5.12. The van der Waals surface area contributed by atoms with Crippen molar-refractivity contribution in [2.45, 2.75) is 32.7 Å². The Bertz CT molecular complexity index is 1440. The van der Waals surface area contributed by atoms with Crippen molar-refractivity contribution in [2.75, 3.05) is 52.3 Å². The van der Waals surface area contributed by atoms with Gasteiger partial charge in [-0.3, -0.25) is 14.6 Å². The van der Waals surface area contributed by atoms with Gasteiger partial charge < -0.3 is 46.1 Å². The number of amides is 1. The van der Waals surface area contributed by atoms with Gasteiger partial charge in [-0.2, -0.15) is 0 Å². The molecule has 1 saturated carbocycles. The van der Waals surface area contributed by atoms with Gasteiger partial charge >= 0.3 is 5.97 Å². The van der Waals surface area contributed by atoms with Gasteiger partial charge in [-0.05, 0) is 45.9 Å². The minimum absolute atomic E-state index is 0.00331. The number of anilines is 1. The van der Waals surface area contributed by atoms with E-state index in [9.17, 15) is 19.5 Å². The zero-order valence-electron chi connectivity index (χ0n) is 25.9. The number of benzene rings is 1. The molecule has 2 heterocycles. The second kappa shape index (κ2) is 18.6. The fourth-order valence-electron chi connectivity index (χ4n) is 4.25. The van der Waals surface area contributed by atoms with Crippen molar-refractivity contribution in [3.05, 3.63) is 58.3 Å². The molecular formula is C30H43FN8O5. The van der Waals surface area contributed by atoms with Crippen molar-refractivity contribution in [3.8, 4) is 5.75 Å². The fraction of sp³-hybridized carbons (Fsp3) is 0.400. The summed E-state index contributed by atoms with van der Waals surface area (Å²) in [7, 11) is 4.64. The SMILES string of the molecule is C=CC(=NC)N/C(C)=C\C.CN.COc1c(N2CCN(C=O)CC2)c(F)cc2c(=O)c(C(=O)O)cn(C3CC3)c12.N=CC=N. The van der Waals surface area contributed by atoms with Crippen LogP contribution in [0.25, 0.3) is 10.9 Å². The first-order valence-electron chi connectivity index (χ1n) is 13.8. The van der Waals surface area contributed by atoms with E-state index in [-0.39, 0.29) is 28.4 Å². The van der Waals surface area contributed by atoms with E-state index in [0.717, 1.165) is 49.3 Å². The molecule has 1 aromatic heterocycles. The van der Waals surface area contributed by atoms with Gasteiger partial charge in [0.05, 0.1) is 18.0 Å². The van der Waals surface area contributed by atoms with Crippen LogP contribution in [0, 0.1) is 16.6 Å². The number of halogens is 1. The molecule has 1 aliphatic heterocycles. The summed E-state index contributed by atoms with van der Waals surface area (Å²) in [5.74, 6) is -0.966. The molecule has 2 aromatic rings. The number of aliphatic imine (C=N–C) groups is 1. The first-order chi connectivity index (χ1) is 21.1. The van der Waals surface area contributed by atoms with E-state index in [1.807, 2.05) is 19.9 Å². The van der Waals surface area contributed by atoms with Crippen LogP contribution in [0.15, 0.2) is 46.5 Å². The number of carbonyl (C=O) groups excluding carboxylic acids is 1. The van der Waals surface area contributed by atoms with Crippen LogP contribution in [0.3, 0.4) is 0 Å². The lowest BCUT2D eigenvalue weighted by molar-refractivity contribution is -0.118.